The first-order chi connectivity index (χ1) is 7.63. The standard InChI is InChI=1S/C10H21NO5/c1-15-9(13)3-5-11(7-8-12)6-4-10(14)16-2/h9,12-13H,3-8H2,1-2H3. The summed E-state index contributed by atoms with van der Waals surface area (Å²) in [7, 11) is 2.77. The summed E-state index contributed by atoms with van der Waals surface area (Å²) in [5.41, 5.74) is 0. The van der Waals surface area contributed by atoms with E-state index in [0.29, 0.717) is 26.1 Å². The van der Waals surface area contributed by atoms with Crippen molar-refractivity contribution in [2.75, 3.05) is 40.5 Å². The fourth-order valence-corrected chi connectivity index (χ4v) is 1.24. The predicted octanol–water partition coefficient (Wildman–Crippen LogP) is -0.801. The van der Waals surface area contributed by atoms with Gasteiger partial charge in [0.05, 0.1) is 20.1 Å². The summed E-state index contributed by atoms with van der Waals surface area (Å²) in [5.74, 6) is -0.282. The van der Waals surface area contributed by atoms with E-state index >= 15 is 0 Å². The topological polar surface area (TPSA) is 79.2 Å². The largest absolute Gasteiger partial charge is 0.469 e. The molecule has 1 unspecified atom stereocenters. The zero-order chi connectivity index (χ0) is 12.4. The molecule has 16 heavy (non-hydrogen) atoms. The summed E-state index contributed by atoms with van der Waals surface area (Å²) in [6.07, 6.45) is -0.0867. The van der Waals surface area contributed by atoms with Crippen LogP contribution in [0.1, 0.15) is 12.8 Å². The number of hydrogen-bond donors (Lipinski definition) is 2. The summed E-state index contributed by atoms with van der Waals surface area (Å²) in [4.78, 5) is 12.8. The van der Waals surface area contributed by atoms with E-state index in [1.54, 1.807) is 0 Å². The molecule has 0 radical (unpaired) electrons. The first-order valence-electron chi connectivity index (χ1n) is 5.25. The quantitative estimate of drug-likeness (QED) is 0.402. The molecule has 0 aromatic carbocycles. The van der Waals surface area contributed by atoms with Crippen LogP contribution in [0.4, 0.5) is 0 Å². The number of ether oxygens (including phenoxy) is 2. The molecule has 0 fully saturated rings. The van der Waals surface area contributed by atoms with Crippen molar-refractivity contribution in [2.45, 2.75) is 19.1 Å². The number of carbonyl (C=O) groups is 1. The normalized spacial score (nSPS) is 12.8. The van der Waals surface area contributed by atoms with Crippen molar-refractivity contribution < 1.29 is 24.5 Å². The molecule has 0 aromatic heterocycles. The second kappa shape index (κ2) is 9.53. The highest BCUT2D eigenvalue weighted by Crippen LogP contribution is 1.99. The Kier molecular flexibility index (Phi) is 9.12. The number of esters is 1. The molecule has 6 nitrogen and oxygen atoms in total. The highest BCUT2D eigenvalue weighted by Gasteiger charge is 2.10. The van der Waals surface area contributed by atoms with Crippen LogP contribution in [-0.4, -0.2) is 67.8 Å². The van der Waals surface area contributed by atoms with Crippen LogP contribution in [0.5, 0.6) is 0 Å². The van der Waals surface area contributed by atoms with Gasteiger partial charge in [-0.2, -0.15) is 0 Å². The molecule has 0 aliphatic carbocycles. The summed E-state index contributed by atoms with van der Waals surface area (Å²) in [6, 6.07) is 0. The number of hydrogen-bond acceptors (Lipinski definition) is 6. The molecule has 0 aromatic rings. The maximum absolute atomic E-state index is 10.9. The average molecular weight is 235 g/mol. The van der Waals surface area contributed by atoms with Crippen molar-refractivity contribution >= 4 is 5.97 Å². The Bertz CT molecular complexity index is 188. The van der Waals surface area contributed by atoms with E-state index in [1.807, 2.05) is 4.90 Å². The minimum absolute atomic E-state index is 0.0181. The van der Waals surface area contributed by atoms with Crippen molar-refractivity contribution in [1.29, 1.82) is 0 Å². The molecule has 0 aliphatic heterocycles. The van der Waals surface area contributed by atoms with Crippen LogP contribution >= 0.6 is 0 Å². The van der Waals surface area contributed by atoms with Crippen molar-refractivity contribution in [3.8, 4) is 0 Å². The maximum Gasteiger partial charge on any atom is 0.306 e. The Morgan fingerprint density at radius 1 is 1.31 bits per heavy atom. The Hall–Kier alpha value is -0.690. The molecular weight excluding hydrogens is 214 g/mol. The SMILES string of the molecule is COC(=O)CCN(CCO)CCC(O)OC. The number of aliphatic hydroxyl groups is 2. The van der Waals surface area contributed by atoms with Gasteiger partial charge in [-0.15, -0.1) is 0 Å². The fourth-order valence-electron chi connectivity index (χ4n) is 1.24. The van der Waals surface area contributed by atoms with Crippen LogP contribution in [0.3, 0.4) is 0 Å². The minimum Gasteiger partial charge on any atom is -0.469 e. The fraction of sp³-hybridized carbons (Fsp3) is 0.900. The van der Waals surface area contributed by atoms with Crippen molar-refractivity contribution in [1.82, 2.24) is 4.90 Å². The number of carbonyl (C=O) groups excluding carboxylic acids is 1. The Morgan fingerprint density at radius 2 is 2.00 bits per heavy atom. The summed E-state index contributed by atoms with van der Waals surface area (Å²) >= 11 is 0. The van der Waals surface area contributed by atoms with Crippen LogP contribution < -0.4 is 0 Å². The van der Waals surface area contributed by atoms with Gasteiger partial charge in [0.25, 0.3) is 0 Å². The molecule has 96 valence electrons. The molecule has 2 N–H and O–H groups in total. The minimum atomic E-state index is -0.806. The van der Waals surface area contributed by atoms with E-state index in [2.05, 4.69) is 4.74 Å². The Balaban J connectivity index is 3.82. The van der Waals surface area contributed by atoms with Crippen LogP contribution in [0, 0.1) is 0 Å². The van der Waals surface area contributed by atoms with Crippen LogP contribution in [0.2, 0.25) is 0 Å². The summed E-state index contributed by atoms with van der Waals surface area (Å²) < 4.78 is 9.22. The third kappa shape index (κ3) is 7.58. The molecule has 0 heterocycles. The van der Waals surface area contributed by atoms with Crippen molar-refractivity contribution in [3.63, 3.8) is 0 Å². The number of methoxy groups -OCH3 is 2. The zero-order valence-corrected chi connectivity index (χ0v) is 9.89. The first-order valence-corrected chi connectivity index (χ1v) is 5.25. The lowest BCUT2D eigenvalue weighted by Gasteiger charge is -2.21. The van der Waals surface area contributed by atoms with E-state index in [1.165, 1.54) is 14.2 Å². The smallest absolute Gasteiger partial charge is 0.306 e. The van der Waals surface area contributed by atoms with Gasteiger partial charge >= 0.3 is 5.97 Å². The highest BCUT2D eigenvalue weighted by molar-refractivity contribution is 5.69. The molecule has 0 rings (SSSR count). The lowest BCUT2D eigenvalue weighted by atomic mass is 10.3. The summed E-state index contributed by atoms with van der Waals surface area (Å²) in [6.45, 7) is 1.55. The molecular formula is C10H21NO5. The summed E-state index contributed by atoms with van der Waals surface area (Å²) in [5, 5.41) is 18.0. The Morgan fingerprint density at radius 3 is 2.50 bits per heavy atom. The van der Waals surface area contributed by atoms with Crippen molar-refractivity contribution in [2.24, 2.45) is 0 Å². The van der Waals surface area contributed by atoms with Crippen LogP contribution in [0.25, 0.3) is 0 Å². The van der Waals surface area contributed by atoms with Gasteiger partial charge in [0, 0.05) is 33.2 Å². The van der Waals surface area contributed by atoms with E-state index in [-0.39, 0.29) is 19.0 Å². The van der Waals surface area contributed by atoms with E-state index in [0.717, 1.165) is 0 Å². The maximum atomic E-state index is 10.9. The second-order valence-electron chi connectivity index (χ2n) is 3.37. The van der Waals surface area contributed by atoms with Crippen molar-refractivity contribution in [3.05, 3.63) is 0 Å². The Labute approximate surface area is 95.8 Å². The molecule has 0 saturated carbocycles. The molecule has 6 heteroatoms. The number of nitrogens with zero attached hydrogens (tertiary/aromatic N) is 1. The number of rotatable bonds is 9. The number of aliphatic hydroxyl groups excluding tert-OH is 2. The van der Waals surface area contributed by atoms with E-state index in [9.17, 15) is 9.90 Å². The molecule has 0 aliphatic rings. The van der Waals surface area contributed by atoms with Gasteiger partial charge in [-0.25, -0.2) is 0 Å². The molecule has 0 bridgehead atoms. The third-order valence-electron chi connectivity index (χ3n) is 2.24. The van der Waals surface area contributed by atoms with Gasteiger partial charge in [0.15, 0.2) is 6.29 Å². The van der Waals surface area contributed by atoms with Gasteiger partial charge in [0.2, 0.25) is 0 Å². The van der Waals surface area contributed by atoms with Gasteiger partial charge in [0.1, 0.15) is 0 Å². The van der Waals surface area contributed by atoms with Gasteiger partial charge < -0.3 is 24.6 Å². The van der Waals surface area contributed by atoms with Gasteiger partial charge in [-0.3, -0.25) is 4.79 Å². The predicted molar refractivity (Wildman–Crippen MR) is 57.8 cm³/mol. The third-order valence-corrected chi connectivity index (χ3v) is 2.24. The van der Waals surface area contributed by atoms with Crippen LogP contribution in [-0.2, 0) is 14.3 Å². The monoisotopic (exact) mass is 235 g/mol. The average Bonchev–Trinajstić information content (AvgIpc) is 2.31. The van der Waals surface area contributed by atoms with E-state index < -0.39 is 6.29 Å². The van der Waals surface area contributed by atoms with Gasteiger partial charge in [-0.1, -0.05) is 0 Å². The van der Waals surface area contributed by atoms with E-state index in [4.69, 9.17) is 9.84 Å². The molecule has 0 amide bonds. The lowest BCUT2D eigenvalue weighted by Crippen LogP contribution is -2.32. The first kappa shape index (κ1) is 15.3. The molecule has 0 spiro atoms. The van der Waals surface area contributed by atoms with Crippen LogP contribution in [0.15, 0.2) is 0 Å². The second-order valence-corrected chi connectivity index (χ2v) is 3.37. The lowest BCUT2D eigenvalue weighted by molar-refractivity contribution is -0.141. The van der Waals surface area contributed by atoms with Gasteiger partial charge in [-0.05, 0) is 0 Å². The molecule has 0 saturated heterocycles. The molecule has 1 atom stereocenters. The zero-order valence-electron chi connectivity index (χ0n) is 9.89. The highest BCUT2D eigenvalue weighted by atomic mass is 16.6.